The fourth-order valence-electron chi connectivity index (χ4n) is 3.24. The summed E-state index contributed by atoms with van der Waals surface area (Å²) in [6.45, 7) is 14.4. The zero-order valence-electron chi connectivity index (χ0n) is 17.8. The van der Waals surface area contributed by atoms with Crippen molar-refractivity contribution in [3.63, 3.8) is 0 Å². The highest BCUT2D eigenvalue weighted by Gasteiger charge is 2.13. The number of hydrogen-bond donors (Lipinski definition) is 1. The van der Waals surface area contributed by atoms with Crippen LogP contribution in [0.3, 0.4) is 0 Å². The van der Waals surface area contributed by atoms with Crippen molar-refractivity contribution in [2.75, 3.05) is 41.3 Å². The van der Waals surface area contributed by atoms with Gasteiger partial charge in [0.25, 0.3) is 5.91 Å². The Morgan fingerprint density at radius 1 is 0.964 bits per heavy atom. The Bertz CT molecular complexity index is 750. The van der Waals surface area contributed by atoms with E-state index in [9.17, 15) is 4.79 Å². The van der Waals surface area contributed by atoms with Crippen LogP contribution >= 0.6 is 0 Å². The molecule has 1 aromatic heterocycles. The first-order valence-electron chi connectivity index (χ1n) is 10.3. The van der Waals surface area contributed by atoms with E-state index < -0.39 is 0 Å². The molecule has 1 amide bonds. The van der Waals surface area contributed by atoms with Gasteiger partial charge in [-0.05, 0) is 57.4 Å². The second-order valence-corrected chi connectivity index (χ2v) is 6.87. The van der Waals surface area contributed by atoms with Gasteiger partial charge >= 0.3 is 0 Å². The van der Waals surface area contributed by atoms with Gasteiger partial charge in [-0.2, -0.15) is 0 Å². The lowest BCUT2D eigenvalue weighted by molar-refractivity contribution is 0.102. The van der Waals surface area contributed by atoms with Crippen molar-refractivity contribution in [1.29, 1.82) is 0 Å². The molecule has 152 valence electrons. The molecule has 6 nitrogen and oxygen atoms in total. The number of hydrogen-bond acceptors (Lipinski definition) is 5. The number of carbonyl (C=O) groups is 1. The number of nitrogens with one attached hydrogen (secondary N) is 1. The Hall–Kier alpha value is -2.63. The smallest absolute Gasteiger partial charge is 0.275 e. The molecule has 2 aromatic rings. The maximum Gasteiger partial charge on any atom is 0.275 e. The van der Waals surface area contributed by atoms with Gasteiger partial charge in [0, 0.05) is 37.6 Å². The van der Waals surface area contributed by atoms with E-state index in [1.165, 1.54) is 0 Å². The lowest BCUT2D eigenvalue weighted by Crippen LogP contribution is -2.26. The summed E-state index contributed by atoms with van der Waals surface area (Å²) in [6.07, 6.45) is 5.35. The van der Waals surface area contributed by atoms with Crippen molar-refractivity contribution in [1.82, 2.24) is 9.97 Å². The molecule has 0 aliphatic rings. The number of amides is 1. The summed E-state index contributed by atoms with van der Waals surface area (Å²) in [5.74, 6) is 0.579. The first-order valence-corrected chi connectivity index (χ1v) is 10.3. The average Bonchev–Trinajstić information content (AvgIpc) is 2.71. The van der Waals surface area contributed by atoms with E-state index >= 15 is 0 Å². The minimum atomic E-state index is -0.240. The fourth-order valence-corrected chi connectivity index (χ4v) is 3.24. The molecule has 0 bridgehead atoms. The monoisotopic (exact) mass is 383 g/mol. The number of benzene rings is 1. The van der Waals surface area contributed by atoms with Crippen molar-refractivity contribution in [3.05, 3.63) is 41.9 Å². The van der Waals surface area contributed by atoms with Gasteiger partial charge in [0.2, 0.25) is 0 Å². The third kappa shape index (κ3) is 5.44. The zero-order chi connectivity index (χ0) is 20.5. The summed E-state index contributed by atoms with van der Waals surface area (Å²) in [4.78, 5) is 25.9. The van der Waals surface area contributed by atoms with Crippen LogP contribution in [0.1, 0.15) is 56.6 Å². The molecule has 0 saturated heterocycles. The Balaban J connectivity index is 2.10. The standard InChI is InChI=1S/C22H33N5O/c1-6-12-27(13-7-2)21-16-23-20(15-24-21)22(28)25-19-11-10-18(14-17(19)5)26(8-3)9-4/h10-11,14-16H,6-9,12-13H2,1-5H3,(H,25,28). The molecular weight excluding hydrogens is 350 g/mol. The summed E-state index contributed by atoms with van der Waals surface area (Å²) < 4.78 is 0. The van der Waals surface area contributed by atoms with E-state index in [0.29, 0.717) is 5.69 Å². The SMILES string of the molecule is CCCN(CCC)c1cnc(C(=O)Nc2ccc(N(CC)CC)cc2C)cn1. The lowest BCUT2D eigenvalue weighted by atomic mass is 10.1. The van der Waals surface area contributed by atoms with Crippen LogP contribution in [-0.2, 0) is 0 Å². The van der Waals surface area contributed by atoms with Gasteiger partial charge in [0.05, 0.1) is 12.4 Å². The number of nitrogens with zero attached hydrogens (tertiary/aromatic N) is 4. The molecule has 0 fully saturated rings. The van der Waals surface area contributed by atoms with Crippen molar-refractivity contribution < 1.29 is 4.79 Å². The molecular formula is C22H33N5O. The molecule has 0 unspecified atom stereocenters. The fraction of sp³-hybridized carbons (Fsp3) is 0.500. The summed E-state index contributed by atoms with van der Waals surface area (Å²) in [7, 11) is 0. The molecule has 0 atom stereocenters. The third-order valence-corrected chi connectivity index (χ3v) is 4.77. The van der Waals surface area contributed by atoms with Crippen molar-refractivity contribution in [2.45, 2.75) is 47.5 Å². The van der Waals surface area contributed by atoms with Crippen LogP contribution in [0.2, 0.25) is 0 Å². The van der Waals surface area contributed by atoms with Crippen LogP contribution in [0.5, 0.6) is 0 Å². The third-order valence-electron chi connectivity index (χ3n) is 4.77. The summed E-state index contributed by atoms with van der Waals surface area (Å²) in [5.41, 5.74) is 3.31. The number of aryl methyl sites for hydroxylation is 1. The molecule has 0 spiro atoms. The van der Waals surface area contributed by atoms with E-state index in [2.05, 4.69) is 58.8 Å². The highest BCUT2D eigenvalue weighted by molar-refractivity contribution is 6.03. The summed E-state index contributed by atoms with van der Waals surface area (Å²) in [5, 5.41) is 2.95. The lowest BCUT2D eigenvalue weighted by Gasteiger charge is -2.22. The second-order valence-electron chi connectivity index (χ2n) is 6.87. The molecule has 2 rings (SSSR count). The molecule has 0 aliphatic carbocycles. The summed E-state index contributed by atoms with van der Waals surface area (Å²) in [6, 6.07) is 6.09. The van der Waals surface area contributed by atoms with Gasteiger partial charge in [0.15, 0.2) is 0 Å². The zero-order valence-corrected chi connectivity index (χ0v) is 17.8. The van der Waals surface area contributed by atoms with E-state index in [1.54, 1.807) is 12.4 Å². The van der Waals surface area contributed by atoms with Crippen LogP contribution in [-0.4, -0.2) is 42.1 Å². The van der Waals surface area contributed by atoms with Crippen LogP contribution in [0, 0.1) is 6.92 Å². The second kappa shape index (κ2) is 10.6. The van der Waals surface area contributed by atoms with E-state index in [-0.39, 0.29) is 5.91 Å². The first-order chi connectivity index (χ1) is 13.5. The molecule has 28 heavy (non-hydrogen) atoms. The van der Waals surface area contributed by atoms with Gasteiger partial charge < -0.3 is 15.1 Å². The largest absolute Gasteiger partial charge is 0.372 e. The Kier molecular flexibility index (Phi) is 8.23. The van der Waals surface area contributed by atoms with Crippen molar-refractivity contribution in [3.8, 4) is 0 Å². The molecule has 1 N–H and O–H groups in total. The molecule has 6 heteroatoms. The predicted molar refractivity (Wildman–Crippen MR) is 118 cm³/mol. The van der Waals surface area contributed by atoms with Crippen molar-refractivity contribution >= 4 is 23.1 Å². The van der Waals surface area contributed by atoms with Crippen LogP contribution in [0.15, 0.2) is 30.6 Å². The van der Waals surface area contributed by atoms with E-state index in [4.69, 9.17) is 0 Å². The van der Waals surface area contributed by atoms with E-state index in [1.807, 2.05) is 19.1 Å². The van der Waals surface area contributed by atoms with Gasteiger partial charge in [-0.15, -0.1) is 0 Å². The number of rotatable bonds is 10. The van der Waals surface area contributed by atoms with Crippen LogP contribution < -0.4 is 15.1 Å². The topological polar surface area (TPSA) is 61.4 Å². The quantitative estimate of drug-likeness (QED) is 0.654. The maximum absolute atomic E-state index is 12.6. The first kappa shape index (κ1) is 21.7. The molecule has 0 aliphatic heterocycles. The Morgan fingerprint density at radius 3 is 2.14 bits per heavy atom. The predicted octanol–water partition coefficient (Wildman–Crippen LogP) is 4.51. The Labute approximate surface area is 169 Å². The Morgan fingerprint density at radius 2 is 1.64 bits per heavy atom. The molecule has 1 aromatic carbocycles. The maximum atomic E-state index is 12.6. The van der Waals surface area contributed by atoms with Crippen LogP contribution in [0.25, 0.3) is 0 Å². The minimum Gasteiger partial charge on any atom is -0.372 e. The minimum absolute atomic E-state index is 0.240. The number of anilines is 3. The normalized spacial score (nSPS) is 10.6. The van der Waals surface area contributed by atoms with Crippen molar-refractivity contribution in [2.24, 2.45) is 0 Å². The highest BCUT2D eigenvalue weighted by atomic mass is 16.1. The molecule has 1 heterocycles. The van der Waals surface area contributed by atoms with Gasteiger partial charge in [-0.3, -0.25) is 4.79 Å². The van der Waals surface area contributed by atoms with Gasteiger partial charge in [-0.25, -0.2) is 9.97 Å². The average molecular weight is 384 g/mol. The molecule has 0 saturated carbocycles. The number of aromatic nitrogens is 2. The summed E-state index contributed by atoms with van der Waals surface area (Å²) >= 11 is 0. The molecule has 0 radical (unpaired) electrons. The van der Waals surface area contributed by atoms with Crippen LogP contribution in [0.4, 0.5) is 17.2 Å². The van der Waals surface area contributed by atoms with E-state index in [0.717, 1.165) is 61.8 Å². The highest BCUT2D eigenvalue weighted by Crippen LogP contribution is 2.23. The van der Waals surface area contributed by atoms with Gasteiger partial charge in [-0.1, -0.05) is 13.8 Å². The number of carbonyl (C=O) groups excluding carboxylic acids is 1. The van der Waals surface area contributed by atoms with Gasteiger partial charge in [0.1, 0.15) is 11.5 Å².